The summed E-state index contributed by atoms with van der Waals surface area (Å²) in [5, 5.41) is 5.53. The molecule has 0 aliphatic rings. The summed E-state index contributed by atoms with van der Waals surface area (Å²) in [5.74, 6) is -0.0477. The molecular formula is C13H18N2O2. The van der Waals surface area contributed by atoms with Gasteiger partial charge in [0.2, 0.25) is 11.8 Å². The van der Waals surface area contributed by atoms with Crippen molar-refractivity contribution in [2.24, 2.45) is 0 Å². The molecule has 17 heavy (non-hydrogen) atoms. The monoisotopic (exact) mass is 234 g/mol. The van der Waals surface area contributed by atoms with Crippen molar-refractivity contribution in [2.45, 2.75) is 33.1 Å². The molecule has 0 aliphatic carbocycles. The van der Waals surface area contributed by atoms with Crippen molar-refractivity contribution in [3.8, 4) is 0 Å². The number of amides is 2. The number of hydrogen-bond donors (Lipinski definition) is 2. The summed E-state index contributed by atoms with van der Waals surface area (Å²) in [6.45, 7) is 3.75. The van der Waals surface area contributed by atoms with Crippen LogP contribution in [0.1, 0.15) is 33.1 Å². The molecule has 1 aromatic carbocycles. The van der Waals surface area contributed by atoms with Crippen LogP contribution in [0.25, 0.3) is 0 Å². The first kappa shape index (κ1) is 13.2. The van der Waals surface area contributed by atoms with E-state index in [9.17, 15) is 9.59 Å². The van der Waals surface area contributed by atoms with E-state index >= 15 is 0 Å². The van der Waals surface area contributed by atoms with Crippen LogP contribution >= 0.6 is 0 Å². The molecular weight excluding hydrogens is 216 g/mol. The molecule has 0 radical (unpaired) electrons. The highest BCUT2D eigenvalue weighted by atomic mass is 16.2. The van der Waals surface area contributed by atoms with Gasteiger partial charge in [-0.25, -0.2) is 0 Å². The van der Waals surface area contributed by atoms with Gasteiger partial charge in [0.1, 0.15) is 0 Å². The van der Waals surface area contributed by atoms with E-state index in [1.807, 2.05) is 6.92 Å². The van der Waals surface area contributed by atoms with Crippen LogP contribution < -0.4 is 10.6 Å². The second-order valence-corrected chi connectivity index (χ2v) is 3.78. The van der Waals surface area contributed by atoms with E-state index in [0.717, 1.165) is 6.42 Å². The van der Waals surface area contributed by atoms with Crippen molar-refractivity contribution >= 4 is 23.2 Å². The minimum absolute atomic E-state index is 0.00790. The molecule has 0 aromatic heterocycles. The van der Waals surface area contributed by atoms with Gasteiger partial charge < -0.3 is 10.6 Å². The van der Waals surface area contributed by atoms with Crippen molar-refractivity contribution in [3.05, 3.63) is 24.3 Å². The SMILES string of the molecule is CCCC(=O)Nc1cccc(NC(=O)CC)c1. The fourth-order valence-corrected chi connectivity index (χ4v) is 1.37. The predicted molar refractivity (Wildman–Crippen MR) is 68.9 cm³/mol. The van der Waals surface area contributed by atoms with Crippen molar-refractivity contribution in [1.29, 1.82) is 0 Å². The summed E-state index contributed by atoms with van der Waals surface area (Å²) < 4.78 is 0. The smallest absolute Gasteiger partial charge is 0.224 e. The Morgan fingerprint density at radius 1 is 1.06 bits per heavy atom. The Bertz CT molecular complexity index is 402. The Morgan fingerprint density at radius 2 is 1.65 bits per heavy atom. The third kappa shape index (κ3) is 4.68. The van der Waals surface area contributed by atoms with E-state index in [1.54, 1.807) is 31.2 Å². The van der Waals surface area contributed by atoms with E-state index in [2.05, 4.69) is 10.6 Å². The third-order valence-corrected chi connectivity index (χ3v) is 2.23. The number of carbonyl (C=O) groups is 2. The van der Waals surface area contributed by atoms with Gasteiger partial charge in [-0.1, -0.05) is 19.9 Å². The van der Waals surface area contributed by atoms with Crippen LogP contribution in [0, 0.1) is 0 Å². The zero-order chi connectivity index (χ0) is 12.7. The van der Waals surface area contributed by atoms with Crippen LogP contribution in [0.3, 0.4) is 0 Å². The molecule has 1 aromatic rings. The highest BCUT2D eigenvalue weighted by Gasteiger charge is 2.03. The maximum Gasteiger partial charge on any atom is 0.224 e. The summed E-state index contributed by atoms with van der Waals surface area (Å²) in [5.41, 5.74) is 1.41. The third-order valence-electron chi connectivity index (χ3n) is 2.23. The molecule has 4 nitrogen and oxygen atoms in total. The quantitative estimate of drug-likeness (QED) is 0.823. The minimum Gasteiger partial charge on any atom is -0.326 e. The molecule has 0 saturated heterocycles. The maximum absolute atomic E-state index is 11.4. The second kappa shape index (κ2) is 6.68. The Hall–Kier alpha value is -1.84. The van der Waals surface area contributed by atoms with Crippen LogP contribution in [0.2, 0.25) is 0 Å². The number of rotatable bonds is 5. The first-order chi connectivity index (χ1) is 8.15. The van der Waals surface area contributed by atoms with Gasteiger partial charge in [0.05, 0.1) is 0 Å². The Kier molecular flexibility index (Phi) is 5.20. The maximum atomic E-state index is 11.4. The number of nitrogens with one attached hydrogen (secondary N) is 2. The van der Waals surface area contributed by atoms with Gasteiger partial charge in [-0.2, -0.15) is 0 Å². The lowest BCUT2D eigenvalue weighted by atomic mass is 10.2. The van der Waals surface area contributed by atoms with Gasteiger partial charge in [0.25, 0.3) is 0 Å². The predicted octanol–water partition coefficient (Wildman–Crippen LogP) is 2.77. The average Bonchev–Trinajstić information content (AvgIpc) is 2.29. The lowest BCUT2D eigenvalue weighted by Gasteiger charge is -2.07. The normalized spacial score (nSPS) is 9.76. The summed E-state index contributed by atoms with van der Waals surface area (Å²) in [6.07, 6.45) is 1.76. The van der Waals surface area contributed by atoms with E-state index < -0.39 is 0 Å². The molecule has 0 atom stereocenters. The topological polar surface area (TPSA) is 58.2 Å². The van der Waals surface area contributed by atoms with Crippen LogP contribution in [0.15, 0.2) is 24.3 Å². The molecule has 2 N–H and O–H groups in total. The molecule has 0 aliphatic heterocycles. The average molecular weight is 234 g/mol. The van der Waals surface area contributed by atoms with Gasteiger partial charge in [0.15, 0.2) is 0 Å². The van der Waals surface area contributed by atoms with E-state index in [1.165, 1.54) is 0 Å². The largest absolute Gasteiger partial charge is 0.326 e. The molecule has 0 saturated carbocycles. The first-order valence-electron chi connectivity index (χ1n) is 5.85. The fraction of sp³-hybridized carbons (Fsp3) is 0.385. The molecule has 0 bridgehead atoms. The van der Waals surface area contributed by atoms with Crippen molar-refractivity contribution in [2.75, 3.05) is 10.6 Å². The Balaban J connectivity index is 2.65. The van der Waals surface area contributed by atoms with E-state index in [4.69, 9.17) is 0 Å². The molecule has 1 rings (SSSR count). The molecule has 0 spiro atoms. The summed E-state index contributed by atoms with van der Waals surface area (Å²) in [4.78, 5) is 22.6. The van der Waals surface area contributed by atoms with Crippen LogP contribution in [-0.4, -0.2) is 11.8 Å². The van der Waals surface area contributed by atoms with Crippen molar-refractivity contribution in [3.63, 3.8) is 0 Å². The van der Waals surface area contributed by atoms with Crippen LogP contribution in [0.4, 0.5) is 11.4 Å². The Morgan fingerprint density at radius 3 is 2.18 bits per heavy atom. The molecule has 2 amide bonds. The molecule has 0 fully saturated rings. The standard InChI is InChI=1S/C13H18N2O2/c1-3-6-13(17)15-11-8-5-7-10(9-11)14-12(16)4-2/h5,7-9H,3-4,6H2,1-2H3,(H,14,16)(H,15,17). The molecule has 0 heterocycles. The van der Waals surface area contributed by atoms with E-state index in [0.29, 0.717) is 24.2 Å². The molecule has 92 valence electrons. The molecule has 0 unspecified atom stereocenters. The van der Waals surface area contributed by atoms with Crippen LogP contribution in [0.5, 0.6) is 0 Å². The highest BCUT2D eigenvalue weighted by Crippen LogP contribution is 2.15. The zero-order valence-corrected chi connectivity index (χ0v) is 10.2. The van der Waals surface area contributed by atoms with Gasteiger partial charge in [0, 0.05) is 24.2 Å². The van der Waals surface area contributed by atoms with Gasteiger partial charge in [-0.15, -0.1) is 0 Å². The van der Waals surface area contributed by atoms with E-state index in [-0.39, 0.29) is 11.8 Å². The number of anilines is 2. The number of carbonyl (C=O) groups excluding carboxylic acids is 2. The highest BCUT2D eigenvalue weighted by molar-refractivity contribution is 5.93. The zero-order valence-electron chi connectivity index (χ0n) is 10.2. The number of hydrogen-bond acceptors (Lipinski definition) is 2. The summed E-state index contributed by atoms with van der Waals surface area (Å²) in [6, 6.07) is 7.14. The lowest BCUT2D eigenvalue weighted by molar-refractivity contribution is -0.116. The minimum atomic E-state index is -0.0398. The second-order valence-electron chi connectivity index (χ2n) is 3.78. The van der Waals surface area contributed by atoms with Gasteiger partial charge in [-0.3, -0.25) is 9.59 Å². The fourth-order valence-electron chi connectivity index (χ4n) is 1.37. The Labute approximate surface area is 101 Å². The lowest BCUT2D eigenvalue weighted by Crippen LogP contribution is -2.12. The van der Waals surface area contributed by atoms with Gasteiger partial charge in [-0.05, 0) is 24.6 Å². The van der Waals surface area contributed by atoms with Crippen LogP contribution in [-0.2, 0) is 9.59 Å². The van der Waals surface area contributed by atoms with Gasteiger partial charge >= 0.3 is 0 Å². The van der Waals surface area contributed by atoms with Crippen molar-refractivity contribution in [1.82, 2.24) is 0 Å². The first-order valence-corrected chi connectivity index (χ1v) is 5.85. The molecule has 4 heteroatoms. The summed E-state index contributed by atoms with van der Waals surface area (Å²) >= 11 is 0. The van der Waals surface area contributed by atoms with Crippen molar-refractivity contribution < 1.29 is 9.59 Å². The number of benzene rings is 1. The summed E-state index contributed by atoms with van der Waals surface area (Å²) in [7, 11) is 0.